The highest BCUT2D eigenvalue weighted by atomic mass is 16.1. The summed E-state index contributed by atoms with van der Waals surface area (Å²) >= 11 is 0. The Labute approximate surface area is 179 Å². The van der Waals surface area contributed by atoms with Crippen molar-refractivity contribution in [2.75, 3.05) is 26.2 Å². The molecule has 0 bridgehead atoms. The molecule has 4 nitrogen and oxygen atoms in total. The Balaban J connectivity index is 1.53. The fourth-order valence-corrected chi connectivity index (χ4v) is 4.74. The van der Waals surface area contributed by atoms with Gasteiger partial charge in [0.05, 0.1) is 0 Å². The van der Waals surface area contributed by atoms with Crippen LogP contribution in [0.3, 0.4) is 0 Å². The quantitative estimate of drug-likeness (QED) is 0.625. The second-order valence-corrected chi connectivity index (χ2v) is 8.64. The summed E-state index contributed by atoms with van der Waals surface area (Å²) in [6, 6.07) is 17.0. The number of benzene rings is 2. The van der Waals surface area contributed by atoms with E-state index in [1.165, 1.54) is 46.9 Å². The minimum absolute atomic E-state index is 0.0472. The van der Waals surface area contributed by atoms with Gasteiger partial charge in [0.15, 0.2) is 0 Å². The topological polar surface area (TPSA) is 37.3 Å². The van der Waals surface area contributed by atoms with Gasteiger partial charge in [0, 0.05) is 49.6 Å². The molecule has 4 rings (SSSR count). The monoisotopic (exact) mass is 403 g/mol. The fourth-order valence-electron chi connectivity index (χ4n) is 4.74. The van der Waals surface area contributed by atoms with E-state index in [0.29, 0.717) is 6.42 Å². The van der Waals surface area contributed by atoms with E-state index in [4.69, 9.17) is 0 Å². The van der Waals surface area contributed by atoms with Crippen LogP contribution in [0.1, 0.15) is 48.3 Å². The van der Waals surface area contributed by atoms with Crippen LogP contribution in [0.2, 0.25) is 0 Å². The molecule has 158 valence electrons. The summed E-state index contributed by atoms with van der Waals surface area (Å²) in [4.78, 5) is 15.4. The van der Waals surface area contributed by atoms with E-state index in [0.717, 1.165) is 26.2 Å². The number of nitrogens with one attached hydrogen (secondary N) is 1. The number of carbonyl (C=O) groups excluding carboxylic acids is 1. The Hall–Kier alpha value is -2.59. The Bertz CT molecular complexity index is 1000. The van der Waals surface area contributed by atoms with Crippen LogP contribution in [-0.4, -0.2) is 41.6 Å². The van der Waals surface area contributed by atoms with Gasteiger partial charge in [-0.3, -0.25) is 4.79 Å². The van der Waals surface area contributed by atoms with E-state index in [-0.39, 0.29) is 11.8 Å². The second-order valence-electron chi connectivity index (χ2n) is 8.64. The maximum atomic E-state index is 12.9. The third-order valence-electron chi connectivity index (χ3n) is 6.34. The number of para-hydroxylation sites is 1. The molecule has 1 aromatic heterocycles. The number of aromatic nitrogens is 1. The lowest BCUT2D eigenvalue weighted by atomic mass is 9.87. The third-order valence-corrected chi connectivity index (χ3v) is 6.34. The molecular formula is C26H33N3O. The first-order chi connectivity index (χ1) is 14.6. The van der Waals surface area contributed by atoms with Crippen molar-refractivity contribution in [3.05, 3.63) is 71.4 Å². The summed E-state index contributed by atoms with van der Waals surface area (Å²) in [5.74, 6) is 0.178. The van der Waals surface area contributed by atoms with Crippen LogP contribution in [0.15, 0.2) is 54.7 Å². The summed E-state index contributed by atoms with van der Waals surface area (Å²) in [5, 5.41) is 4.41. The Morgan fingerprint density at radius 3 is 2.67 bits per heavy atom. The van der Waals surface area contributed by atoms with Crippen LogP contribution in [0, 0.1) is 6.92 Å². The van der Waals surface area contributed by atoms with Crippen molar-refractivity contribution >= 4 is 16.8 Å². The van der Waals surface area contributed by atoms with E-state index in [1.807, 2.05) is 0 Å². The van der Waals surface area contributed by atoms with E-state index in [9.17, 15) is 4.79 Å². The largest absolute Gasteiger partial charge is 0.355 e. The van der Waals surface area contributed by atoms with Crippen LogP contribution in [0.25, 0.3) is 10.9 Å². The molecule has 2 aromatic carbocycles. The highest BCUT2D eigenvalue weighted by Gasteiger charge is 2.22. The third kappa shape index (κ3) is 4.76. The predicted molar refractivity (Wildman–Crippen MR) is 124 cm³/mol. The fraction of sp³-hybridized carbons (Fsp3) is 0.423. The molecule has 1 amide bonds. The molecule has 0 saturated carbocycles. The van der Waals surface area contributed by atoms with Gasteiger partial charge in [-0.25, -0.2) is 0 Å². The van der Waals surface area contributed by atoms with Crippen molar-refractivity contribution in [3.8, 4) is 0 Å². The van der Waals surface area contributed by atoms with Crippen molar-refractivity contribution < 1.29 is 4.79 Å². The average molecular weight is 404 g/mol. The van der Waals surface area contributed by atoms with Crippen LogP contribution in [0.5, 0.6) is 0 Å². The lowest BCUT2D eigenvalue weighted by Crippen LogP contribution is -2.38. The zero-order chi connectivity index (χ0) is 20.9. The second kappa shape index (κ2) is 9.48. The van der Waals surface area contributed by atoms with Crippen LogP contribution >= 0.6 is 0 Å². The van der Waals surface area contributed by atoms with Crippen molar-refractivity contribution in [3.63, 3.8) is 0 Å². The van der Waals surface area contributed by atoms with Crippen LogP contribution in [0.4, 0.5) is 0 Å². The number of aryl methyl sites for hydroxylation is 2. The first kappa shape index (κ1) is 20.7. The van der Waals surface area contributed by atoms with E-state index in [1.54, 1.807) is 0 Å². The molecule has 1 atom stereocenters. The van der Waals surface area contributed by atoms with E-state index < -0.39 is 0 Å². The van der Waals surface area contributed by atoms with Crippen molar-refractivity contribution in [1.29, 1.82) is 0 Å². The maximum absolute atomic E-state index is 12.9. The van der Waals surface area contributed by atoms with Crippen molar-refractivity contribution in [1.82, 2.24) is 14.8 Å². The van der Waals surface area contributed by atoms with Gasteiger partial charge < -0.3 is 14.8 Å². The zero-order valence-electron chi connectivity index (χ0n) is 18.2. The summed E-state index contributed by atoms with van der Waals surface area (Å²) in [7, 11) is 2.08. The first-order valence-corrected chi connectivity index (χ1v) is 11.2. The molecule has 3 aromatic rings. The minimum Gasteiger partial charge on any atom is -0.355 e. The number of piperidine rings is 1. The van der Waals surface area contributed by atoms with Gasteiger partial charge in [-0.1, -0.05) is 54.4 Å². The van der Waals surface area contributed by atoms with Gasteiger partial charge in [0.25, 0.3) is 0 Å². The highest BCUT2D eigenvalue weighted by Crippen LogP contribution is 2.34. The number of carbonyl (C=O) groups is 1. The molecule has 1 aliphatic rings. The first-order valence-electron chi connectivity index (χ1n) is 11.2. The normalized spacial score (nSPS) is 15.9. The smallest absolute Gasteiger partial charge is 0.220 e. The number of nitrogens with zero attached hydrogens (tertiary/aromatic N) is 2. The van der Waals surface area contributed by atoms with Gasteiger partial charge in [-0.15, -0.1) is 0 Å². The number of hydrogen-bond acceptors (Lipinski definition) is 2. The molecule has 0 radical (unpaired) electrons. The number of likely N-dealkylation sites (tertiary alicyclic amines) is 1. The van der Waals surface area contributed by atoms with E-state index in [2.05, 4.69) is 83.5 Å². The molecular weight excluding hydrogens is 370 g/mol. The Morgan fingerprint density at radius 1 is 1.07 bits per heavy atom. The SMILES string of the molecule is Cc1cccc(C(CC(=O)NCCN2CCCCC2)c2cn(C)c3ccccc23)c1. The zero-order valence-corrected chi connectivity index (χ0v) is 18.2. The Kier molecular flexibility index (Phi) is 6.53. The minimum atomic E-state index is 0.0472. The lowest BCUT2D eigenvalue weighted by Gasteiger charge is -2.26. The summed E-state index contributed by atoms with van der Waals surface area (Å²) in [6.07, 6.45) is 6.57. The lowest BCUT2D eigenvalue weighted by molar-refractivity contribution is -0.121. The van der Waals surface area contributed by atoms with Crippen LogP contribution < -0.4 is 5.32 Å². The molecule has 0 spiro atoms. The number of amides is 1. The van der Waals surface area contributed by atoms with Gasteiger partial charge in [-0.2, -0.15) is 0 Å². The molecule has 30 heavy (non-hydrogen) atoms. The van der Waals surface area contributed by atoms with Gasteiger partial charge >= 0.3 is 0 Å². The van der Waals surface area contributed by atoms with Gasteiger partial charge in [-0.05, 0) is 50.0 Å². The van der Waals surface area contributed by atoms with Gasteiger partial charge in [0.2, 0.25) is 5.91 Å². The van der Waals surface area contributed by atoms with Gasteiger partial charge in [0.1, 0.15) is 0 Å². The predicted octanol–water partition coefficient (Wildman–Crippen LogP) is 4.61. The number of hydrogen-bond donors (Lipinski definition) is 1. The molecule has 1 unspecified atom stereocenters. The standard InChI is InChI=1S/C26H33N3O/c1-20-9-8-10-21(17-20)23(24-19-28(2)25-12-5-4-11-22(24)25)18-26(30)27-13-16-29-14-6-3-7-15-29/h4-5,8-12,17,19,23H,3,6-7,13-16,18H2,1-2H3,(H,27,30). The summed E-state index contributed by atoms with van der Waals surface area (Å²) in [6.45, 7) is 6.13. The highest BCUT2D eigenvalue weighted by molar-refractivity contribution is 5.86. The average Bonchev–Trinajstić information content (AvgIpc) is 3.09. The number of fused-ring (bicyclic) bond motifs is 1. The molecule has 4 heteroatoms. The molecule has 1 saturated heterocycles. The molecule has 2 heterocycles. The molecule has 1 fully saturated rings. The van der Waals surface area contributed by atoms with Crippen molar-refractivity contribution in [2.24, 2.45) is 7.05 Å². The summed E-state index contributed by atoms with van der Waals surface area (Å²) in [5.41, 5.74) is 4.86. The van der Waals surface area contributed by atoms with Crippen molar-refractivity contribution in [2.45, 2.75) is 38.5 Å². The molecule has 1 aliphatic heterocycles. The molecule has 0 aliphatic carbocycles. The van der Waals surface area contributed by atoms with Crippen LogP contribution in [-0.2, 0) is 11.8 Å². The summed E-state index contributed by atoms with van der Waals surface area (Å²) < 4.78 is 2.17. The maximum Gasteiger partial charge on any atom is 0.220 e. The number of rotatable bonds is 7. The Morgan fingerprint density at radius 2 is 1.87 bits per heavy atom. The van der Waals surface area contributed by atoms with E-state index >= 15 is 0 Å². The molecule has 1 N–H and O–H groups in total.